The topological polar surface area (TPSA) is 24.5 Å². The fraction of sp³-hybridized carbons (Fsp3) is 1.00. The summed E-state index contributed by atoms with van der Waals surface area (Å²) in [7, 11) is 2.17. The molecule has 1 unspecified atom stereocenters. The summed E-state index contributed by atoms with van der Waals surface area (Å²) in [5.74, 6) is 0. The first kappa shape index (κ1) is 15.9. The molecule has 0 aromatic rings. The van der Waals surface area contributed by atoms with Gasteiger partial charge in [0.2, 0.25) is 0 Å². The minimum atomic E-state index is 0.665. The van der Waals surface area contributed by atoms with E-state index in [-0.39, 0.29) is 0 Å². The molecule has 0 aromatic carbocycles. The summed E-state index contributed by atoms with van der Waals surface area (Å²) in [6, 6.07) is 0.665. The average Bonchev–Trinajstić information content (AvgIpc) is 2.25. The zero-order chi connectivity index (χ0) is 12.2. The Morgan fingerprint density at radius 3 is 2.56 bits per heavy atom. The van der Waals surface area contributed by atoms with Crippen LogP contribution in [0.3, 0.4) is 0 Å². The van der Waals surface area contributed by atoms with Crippen molar-refractivity contribution in [3.8, 4) is 0 Å². The van der Waals surface area contributed by atoms with Crippen LogP contribution in [0.1, 0.15) is 40.0 Å². The maximum Gasteiger partial charge on any atom is 0.0593 e. The van der Waals surface area contributed by atoms with E-state index in [1.165, 1.54) is 25.8 Å². The average molecular weight is 230 g/mol. The molecule has 0 saturated heterocycles. The van der Waals surface area contributed by atoms with Crippen molar-refractivity contribution in [3.63, 3.8) is 0 Å². The van der Waals surface area contributed by atoms with Crippen LogP contribution in [0.15, 0.2) is 0 Å². The van der Waals surface area contributed by atoms with Gasteiger partial charge in [0, 0.05) is 19.2 Å². The third-order valence-corrected chi connectivity index (χ3v) is 2.80. The summed E-state index contributed by atoms with van der Waals surface area (Å²) in [6.07, 6.45) is 3.89. The van der Waals surface area contributed by atoms with Crippen LogP contribution in [0, 0.1) is 0 Å². The Morgan fingerprint density at radius 2 is 1.94 bits per heavy atom. The molecule has 0 amide bonds. The van der Waals surface area contributed by atoms with Crippen LogP contribution in [0.2, 0.25) is 0 Å². The fourth-order valence-electron chi connectivity index (χ4n) is 1.76. The molecule has 0 aliphatic rings. The highest BCUT2D eigenvalue weighted by atomic mass is 16.5. The monoisotopic (exact) mass is 230 g/mol. The van der Waals surface area contributed by atoms with Gasteiger partial charge in [0.25, 0.3) is 0 Å². The standard InChI is InChI=1S/C13H30N2O/c1-5-14-13(3)9-7-8-10-15(4)11-12-16-6-2/h13-14H,5-12H2,1-4H3. The van der Waals surface area contributed by atoms with Gasteiger partial charge >= 0.3 is 0 Å². The molecule has 3 nitrogen and oxygen atoms in total. The normalized spacial score (nSPS) is 13.3. The van der Waals surface area contributed by atoms with E-state index >= 15 is 0 Å². The molecule has 1 atom stereocenters. The first-order valence-corrected chi connectivity index (χ1v) is 6.70. The second kappa shape index (κ2) is 11.4. The largest absolute Gasteiger partial charge is 0.380 e. The maximum absolute atomic E-state index is 5.33. The molecular formula is C13H30N2O. The SMILES string of the molecule is CCNC(C)CCCCN(C)CCOCC. The van der Waals surface area contributed by atoms with E-state index in [0.29, 0.717) is 6.04 Å². The van der Waals surface area contributed by atoms with E-state index in [1.54, 1.807) is 0 Å². The van der Waals surface area contributed by atoms with Gasteiger partial charge in [-0.3, -0.25) is 0 Å². The second-order valence-corrected chi connectivity index (χ2v) is 4.45. The molecule has 1 N–H and O–H groups in total. The second-order valence-electron chi connectivity index (χ2n) is 4.45. The Morgan fingerprint density at radius 1 is 1.19 bits per heavy atom. The highest BCUT2D eigenvalue weighted by molar-refractivity contribution is 4.60. The van der Waals surface area contributed by atoms with Crippen molar-refractivity contribution in [2.24, 2.45) is 0 Å². The van der Waals surface area contributed by atoms with E-state index in [1.807, 2.05) is 6.92 Å². The van der Waals surface area contributed by atoms with Crippen LogP contribution >= 0.6 is 0 Å². The van der Waals surface area contributed by atoms with Gasteiger partial charge in [-0.25, -0.2) is 0 Å². The van der Waals surface area contributed by atoms with Crippen LogP contribution in [0.25, 0.3) is 0 Å². The number of rotatable bonds is 11. The number of unbranched alkanes of at least 4 members (excludes halogenated alkanes) is 1. The van der Waals surface area contributed by atoms with Gasteiger partial charge in [-0.1, -0.05) is 13.3 Å². The molecule has 0 spiro atoms. The van der Waals surface area contributed by atoms with Crippen molar-refractivity contribution in [3.05, 3.63) is 0 Å². The summed E-state index contributed by atoms with van der Waals surface area (Å²) < 4.78 is 5.33. The lowest BCUT2D eigenvalue weighted by Crippen LogP contribution is -2.27. The molecule has 0 fully saturated rings. The van der Waals surface area contributed by atoms with Crippen molar-refractivity contribution < 1.29 is 4.74 Å². The summed E-state index contributed by atoms with van der Waals surface area (Å²) in [5.41, 5.74) is 0. The fourth-order valence-corrected chi connectivity index (χ4v) is 1.76. The summed E-state index contributed by atoms with van der Waals surface area (Å²) >= 11 is 0. The van der Waals surface area contributed by atoms with Gasteiger partial charge in [0.15, 0.2) is 0 Å². The van der Waals surface area contributed by atoms with E-state index in [9.17, 15) is 0 Å². The molecule has 0 aliphatic heterocycles. The van der Waals surface area contributed by atoms with Crippen molar-refractivity contribution in [2.75, 3.05) is 39.9 Å². The van der Waals surface area contributed by atoms with Crippen LogP contribution in [-0.4, -0.2) is 50.8 Å². The number of nitrogens with zero attached hydrogens (tertiary/aromatic N) is 1. The number of hydrogen-bond acceptors (Lipinski definition) is 3. The highest BCUT2D eigenvalue weighted by Crippen LogP contribution is 2.01. The predicted octanol–water partition coefficient (Wildman–Crippen LogP) is 2.12. The van der Waals surface area contributed by atoms with Crippen LogP contribution in [0.4, 0.5) is 0 Å². The van der Waals surface area contributed by atoms with Gasteiger partial charge in [-0.15, -0.1) is 0 Å². The van der Waals surface area contributed by atoms with Crippen molar-refractivity contribution >= 4 is 0 Å². The van der Waals surface area contributed by atoms with Gasteiger partial charge in [0.1, 0.15) is 0 Å². The lowest BCUT2D eigenvalue weighted by Gasteiger charge is -2.17. The summed E-state index contributed by atoms with van der Waals surface area (Å²) in [5, 5.41) is 3.44. The van der Waals surface area contributed by atoms with Crippen LogP contribution < -0.4 is 5.32 Å². The van der Waals surface area contributed by atoms with Crippen LogP contribution in [-0.2, 0) is 4.74 Å². The Hall–Kier alpha value is -0.120. The van der Waals surface area contributed by atoms with Gasteiger partial charge in [-0.2, -0.15) is 0 Å². The highest BCUT2D eigenvalue weighted by Gasteiger charge is 2.01. The molecule has 0 aliphatic carbocycles. The minimum Gasteiger partial charge on any atom is -0.380 e. The Labute approximate surface area is 102 Å². The zero-order valence-electron chi connectivity index (χ0n) is 11.6. The molecule has 0 bridgehead atoms. The Bertz CT molecular complexity index is 142. The lowest BCUT2D eigenvalue weighted by molar-refractivity contribution is 0.121. The van der Waals surface area contributed by atoms with Crippen molar-refractivity contribution in [2.45, 2.75) is 46.1 Å². The molecule has 3 heteroatoms. The van der Waals surface area contributed by atoms with Gasteiger partial charge < -0.3 is 15.0 Å². The minimum absolute atomic E-state index is 0.665. The van der Waals surface area contributed by atoms with Gasteiger partial charge in [-0.05, 0) is 46.8 Å². The van der Waals surface area contributed by atoms with Gasteiger partial charge in [0.05, 0.1) is 6.61 Å². The zero-order valence-corrected chi connectivity index (χ0v) is 11.6. The molecule has 98 valence electrons. The van der Waals surface area contributed by atoms with Crippen LogP contribution in [0.5, 0.6) is 0 Å². The number of likely N-dealkylation sites (N-methyl/N-ethyl adjacent to an activating group) is 1. The molecule has 16 heavy (non-hydrogen) atoms. The maximum atomic E-state index is 5.33. The van der Waals surface area contributed by atoms with E-state index in [4.69, 9.17) is 4.74 Å². The molecule has 0 heterocycles. The Balaban J connectivity index is 3.23. The van der Waals surface area contributed by atoms with E-state index < -0.39 is 0 Å². The van der Waals surface area contributed by atoms with Crippen molar-refractivity contribution in [1.82, 2.24) is 10.2 Å². The quantitative estimate of drug-likeness (QED) is 0.550. The number of nitrogens with one attached hydrogen (secondary N) is 1. The predicted molar refractivity (Wildman–Crippen MR) is 71.0 cm³/mol. The number of ether oxygens (including phenoxy) is 1. The Kier molecular flexibility index (Phi) is 11.3. The summed E-state index contributed by atoms with van der Waals surface area (Å²) in [6.45, 7) is 11.5. The first-order chi connectivity index (χ1) is 7.70. The van der Waals surface area contributed by atoms with E-state index in [2.05, 4.69) is 31.1 Å². The molecule has 0 radical (unpaired) electrons. The molecule has 0 saturated carbocycles. The molecular weight excluding hydrogens is 200 g/mol. The smallest absolute Gasteiger partial charge is 0.0593 e. The third-order valence-electron chi connectivity index (χ3n) is 2.80. The number of hydrogen-bond donors (Lipinski definition) is 1. The molecule has 0 rings (SSSR count). The lowest BCUT2D eigenvalue weighted by atomic mass is 10.1. The summed E-state index contributed by atoms with van der Waals surface area (Å²) in [4.78, 5) is 2.35. The van der Waals surface area contributed by atoms with E-state index in [0.717, 1.165) is 26.3 Å². The van der Waals surface area contributed by atoms with Crippen molar-refractivity contribution in [1.29, 1.82) is 0 Å². The first-order valence-electron chi connectivity index (χ1n) is 6.70. The molecule has 0 aromatic heterocycles. The third kappa shape index (κ3) is 10.4.